The van der Waals surface area contributed by atoms with Gasteiger partial charge >= 0.3 is 0 Å². The minimum Gasteiger partial charge on any atom is -0.355 e. The molecular weight excluding hydrogens is 146 g/mol. The standard InChI is InChI=1S/C11H10N/c1-2-5-10-8-9-6-3-4-7-11(9)12-10/h2-4,6-8,12H,1H3. The summed E-state index contributed by atoms with van der Waals surface area (Å²) in [6.45, 7) is 1.96. The van der Waals surface area contributed by atoms with Crippen LogP contribution < -0.4 is 0 Å². The molecule has 0 bridgehead atoms. The Morgan fingerprint density at radius 1 is 1.33 bits per heavy atom. The van der Waals surface area contributed by atoms with Gasteiger partial charge in [-0.05, 0) is 19.1 Å². The molecule has 12 heavy (non-hydrogen) atoms. The van der Waals surface area contributed by atoms with Crippen molar-refractivity contribution in [3.05, 3.63) is 48.2 Å². The highest BCUT2D eigenvalue weighted by Crippen LogP contribution is 2.14. The van der Waals surface area contributed by atoms with Gasteiger partial charge in [0.1, 0.15) is 0 Å². The molecular formula is C11H10N. The summed E-state index contributed by atoms with van der Waals surface area (Å²) in [5.74, 6) is 0. The molecule has 0 aliphatic heterocycles. The van der Waals surface area contributed by atoms with Crippen LogP contribution in [-0.4, -0.2) is 4.98 Å². The van der Waals surface area contributed by atoms with Crippen LogP contribution in [0.3, 0.4) is 0 Å². The lowest BCUT2D eigenvalue weighted by molar-refractivity contribution is 1.36. The minimum atomic E-state index is 1.04. The van der Waals surface area contributed by atoms with Crippen LogP contribution in [0.2, 0.25) is 0 Å². The van der Waals surface area contributed by atoms with Gasteiger partial charge in [-0.3, -0.25) is 0 Å². The Balaban J connectivity index is 2.62. The van der Waals surface area contributed by atoms with Gasteiger partial charge in [0.05, 0.1) is 0 Å². The summed E-state index contributed by atoms with van der Waals surface area (Å²) in [4.78, 5) is 3.25. The summed E-state index contributed by atoms with van der Waals surface area (Å²) in [7, 11) is 0. The number of para-hydroxylation sites is 1. The molecule has 1 heteroatoms. The SMILES string of the molecule is C/C=[C]/c1cc2ccccc2[nH]1. The van der Waals surface area contributed by atoms with Crippen LogP contribution in [0, 0.1) is 6.08 Å². The second-order valence-electron chi connectivity index (χ2n) is 2.70. The lowest BCUT2D eigenvalue weighted by Gasteiger charge is -1.83. The second-order valence-corrected chi connectivity index (χ2v) is 2.70. The predicted octanol–water partition coefficient (Wildman–Crippen LogP) is 2.90. The molecule has 0 saturated heterocycles. The molecule has 0 amide bonds. The van der Waals surface area contributed by atoms with E-state index < -0.39 is 0 Å². The number of hydrogen-bond donors (Lipinski definition) is 1. The van der Waals surface area contributed by atoms with E-state index in [1.807, 2.05) is 25.1 Å². The first kappa shape index (κ1) is 7.17. The number of aromatic amines is 1. The Kier molecular flexibility index (Phi) is 1.71. The molecule has 1 nitrogen and oxygen atoms in total. The summed E-state index contributed by atoms with van der Waals surface area (Å²) in [6, 6.07) is 10.3. The molecule has 1 aromatic carbocycles. The van der Waals surface area contributed by atoms with E-state index in [1.54, 1.807) is 0 Å². The molecule has 1 heterocycles. The van der Waals surface area contributed by atoms with E-state index in [1.165, 1.54) is 10.9 Å². The molecule has 0 aliphatic carbocycles. The topological polar surface area (TPSA) is 15.8 Å². The van der Waals surface area contributed by atoms with Gasteiger partial charge in [-0.1, -0.05) is 24.3 Å². The van der Waals surface area contributed by atoms with Gasteiger partial charge in [0.25, 0.3) is 0 Å². The van der Waals surface area contributed by atoms with Crippen molar-refractivity contribution in [2.24, 2.45) is 0 Å². The van der Waals surface area contributed by atoms with Crippen LogP contribution in [0.1, 0.15) is 12.6 Å². The fourth-order valence-electron chi connectivity index (χ4n) is 1.31. The van der Waals surface area contributed by atoms with Crippen molar-refractivity contribution in [1.29, 1.82) is 0 Å². The van der Waals surface area contributed by atoms with Crippen LogP contribution >= 0.6 is 0 Å². The Hall–Kier alpha value is -1.50. The molecule has 2 aromatic rings. The molecule has 1 aromatic heterocycles. The number of rotatable bonds is 1. The lowest BCUT2D eigenvalue weighted by atomic mass is 10.2. The van der Waals surface area contributed by atoms with Crippen LogP contribution in [0.25, 0.3) is 10.9 Å². The zero-order chi connectivity index (χ0) is 8.39. The number of hydrogen-bond acceptors (Lipinski definition) is 0. The van der Waals surface area contributed by atoms with Crippen molar-refractivity contribution in [2.45, 2.75) is 6.92 Å². The average Bonchev–Trinajstić information content (AvgIpc) is 2.47. The Bertz CT molecular complexity index is 377. The number of nitrogens with one attached hydrogen (secondary N) is 1. The fourth-order valence-corrected chi connectivity index (χ4v) is 1.31. The summed E-state index contributed by atoms with van der Waals surface area (Å²) in [6.07, 6.45) is 5.02. The first-order chi connectivity index (χ1) is 5.90. The van der Waals surface area contributed by atoms with Crippen LogP contribution in [-0.2, 0) is 0 Å². The molecule has 0 fully saturated rings. The van der Waals surface area contributed by atoms with Crippen molar-refractivity contribution in [3.63, 3.8) is 0 Å². The summed E-state index contributed by atoms with van der Waals surface area (Å²) in [5.41, 5.74) is 2.21. The molecule has 1 N–H and O–H groups in total. The first-order valence-electron chi connectivity index (χ1n) is 4.02. The van der Waals surface area contributed by atoms with Crippen molar-refractivity contribution < 1.29 is 0 Å². The number of allylic oxidation sites excluding steroid dienone is 1. The second kappa shape index (κ2) is 2.86. The predicted molar refractivity (Wildman–Crippen MR) is 50.9 cm³/mol. The highest BCUT2D eigenvalue weighted by atomic mass is 14.7. The van der Waals surface area contributed by atoms with Gasteiger partial charge in [0.2, 0.25) is 0 Å². The summed E-state index contributed by atoms with van der Waals surface area (Å²) in [5, 5.41) is 1.24. The maximum absolute atomic E-state index is 3.25. The molecule has 0 unspecified atom stereocenters. The molecule has 0 atom stereocenters. The lowest BCUT2D eigenvalue weighted by Crippen LogP contribution is -1.69. The van der Waals surface area contributed by atoms with Crippen LogP contribution in [0.4, 0.5) is 0 Å². The van der Waals surface area contributed by atoms with Crippen LogP contribution in [0.5, 0.6) is 0 Å². The van der Waals surface area contributed by atoms with Crippen molar-refractivity contribution in [3.8, 4) is 0 Å². The largest absolute Gasteiger partial charge is 0.355 e. The molecule has 59 valence electrons. The molecule has 0 spiro atoms. The quantitative estimate of drug-likeness (QED) is 0.653. The van der Waals surface area contributed by atoms with Crippen molar-refractivity contribution in [1.82, 2.24) is 4.98 Å². The van der Waals surface area contributed by atoms with Gasteiger partial charge in [0, 0.05) is 22.7 Å². The Labute approximate surface area is 71.7 Å². The smallest absolute Gasteiger partial charge is 0.0468 e. The highest BCUT2D eigenvalue weighted by molar-refractivity contribution is 5.80. The van der Waals surface area contributed by atoms with Gasteiger partial charge in [-0.2, -0.15) is 0 Å². The fraction of sp³-hybridized carbons (Fsp3) is 0.0909. The molecule has 2 rings (SSSR count). The van der Waals surface area contributed by atoms with E-state index in [9.17, 15) is 0 Å². The number of H-pyrrole nitrogens is 1. The Morgan fingerprint density at radius 2 is 2.17 bits per heavy atom. The molecule has 0 saturated carbocycles. The van der Waals surface area contributed by atoms with E-state index in [4.69, 9.17) is 0 Å². The average molecular weight is 156 g/mol. The zero-order valence-electron chi connectivity index (χ0n) is 6.96. The number of aromatic nitrogens is 1. The number of benzene rings is 1. The third kappa shape index (κ3) is 1.14. The monoisotopic (exact) mass is 156 g/mol. The number of fused-ring (bicyclic) bond motifs is 1. The van der Waals surface area contributed by atoms with E-state index in [0.717, 1.165) is 5.69 Å². The highest BCUT2D eigenvalue weighted by Gasteiger charge is 1.94. The first-order valence-corrected chi connectivity index (χ1v) is 4.02. The van der Waals surface area contributed by atoms with E-state index in [-0.39, 0.29) is 0 Å². The van der Waals surface area contributed by atoms with Gasteiger partial charge in [0.15, 0.2) is 0 Å². The molecule has 0 aliphatic rings. The van der Waals surface area contributed by atoms with E-state index in [0.29, 0.717) is 0 Å². The van der Waals surface area contributed by atoms with Gasteiger partial charge in [-0.15, -0.1) is 0 Å². The zero-order valence-corrected chi connectivity index (χ0v) is 6.96. The van der Waals surface area contributed by atoms with Crippen LogP contribution in [0.15, 0.2) is 36.4 Å². The third-order valence-electron chi connectivity index (χ3n) is 1.83. The van der Waals surface area contributed by atoms with E-state index >= 15 is 0 Å². The van der Waals surface area contributed by atoms with Gasteiger partial charge < -0.3 is 4.98 Å². The maximum atomic E-state index is 3.25. The summed E-state index contributed by atoms with van der Waals surface area (Å²) < 4.78 is 0. The minimum absolute atomic E-state index is 1.04. The maximum Gasteiger partial charge on any atom is 0.0468 e. The molecule has 1 radical (unpaired) electrons. The van der Waals surface area contributed by atoms with Gasteiger partial charge in [-0.25, -0.2) is 0 Å². The van der Waals surface area contributed by atoms with Crippen molar-refractivity contribution >= 4 is 10.9 Å². The van der Waals surface area contributed by atoms with Crippen molar-refractivity contribution in [2.75, 3.05) is 0 Å². The normalized spacial score (nSPS) is 11.4. The third-order valence-corrected chi connectivity index (χ3v) is 1.83. The Morgan fingerprint density at radius 3 is 2.92 bits per heavy atom. The van der Waals surface area contributed by atoms with E-state index in [2.05, 4.69) is 29.3 Å². The summed E-state index contributed by atoms with van der Waals surface area (Å²) >= 11 is 0.